The van der Waals surface area contributed by atoms with Crippen molar-refractivity contribution in [3.63, 3.8) is 0 Å². The molecule has 8 heteroatoms. The van der Waals surface area contributed by atoms with Crippen LogP contribution < -0.4 is 0 Å². The van der Waals surface area contributed by atoms with Crippen LogP contribution >= 0.6 is 11.8 Å². The van der Waals surface area contributed by atoms with Crippen LogP contribution in [0.4, 0.5) is 0 Å². The van der Waals surface area contributed by atoms with Gasteiger partial charge in [0.15, 0.2) is 5.12 Å². The fraction of sp³-hybridized carbons (Fsp3) is 0.357. The van der Waals surface area contributed by atoms with Gasteiger partial charge in [-0.15, -0.1) is 0 Å². The first kappa shape index (κ1) is 18.1. The van der Waals surface area contributed by atoms with Gasteiger partial charge in [-0.3, -0.25) is 4.79 Å². The van der Waals surface area contributed by atoms with Gasteiger partial charge in [0, 0.05) is 12.7 Å². The van der Waals surface area contributed by atoms with Gasteiger partial charge in [-0.05, 0) is 30.2 Å². The Balaban J connectivity index is 3.00. The zero-order valence-corrected chi connectivity index (χ0v) is 12.5. The number of hydrogen-bond acceptors (Lipinski definition) is 6. The molecule has 1 aromatic rings. The topological polar surface area (TPSA) is 132 Å². The summed E-state index contributed by atoms with van der Waals surface area (Å²) in [6, 6.07) is 3.21. The van der Waals surface area contributed by atoms with Crippen LogP contribution in [0.3, 0.4) is 0 Å². The molecule has 0 spiro atoms. The molecule has 0 saturated heterocycles. The minimum atomic E-state index is -1.56. The molecule has 0 amide bonds. The molecule has 7 nitrogen and oxygen atoms in total. The molecule has 22 heavy (non-hydrogen) atoms. The van der Waals surface area contributed by atoms with Crippen molar-refractivity contribution in [2.75, 3.05) is 5.75 Å². The summed E-state index contributed by atoms with van der Waals surface area (Å²) >= 11 is 0.970. The van der Waals surface area contributed by atoms with E-state index >= 15 is 0 Å². The number of aromatic carboxylic acids is 2. The molecule has 0 heterocycles. The van der Waals surface area contributed by atoms with E-state index < -0.39 is 24.1 Å². The van der Waals surface area contributed by atoms with Crippen molar-refractivity contribution >= 4 is 28.8 Å². The third-order valence-electron chi connectivity index (χ3n) is 2.93. The van der Waals surface area contributed by atoms with Gasteiger partial charge < -0.3 is 20.4 Å². The standard InChI is InChI=1S/C14H16O7S/c1-7(15)22-5-4-11(16)12(17)10-6-8(13(18)19)2-3-9(10)14(20)21/h2-3,6,11-12,16-17H,4-5H2,1H3,(H,18,19)(H,20,21). The third-order valence-corrected chi connectivity index (χ3v) is 3.78. The van der Waals surface area contributed by atoms with E-state index in [2.05, 4.69) is 0 Å². The predicted octanol–water partition coefficient (Wildman–Crippen LogP) is 1.15. The van der Waals surface area contributed by atoms with E-state index in [0.717, 1.165) is 30.0 Å². The summed E-state index contributed by atoms with van der Waals surface area (Å²) < 4.78 is 0. The van der Waals surface area contributed by atoms with Crippen LogP contribution in [0.15, 0.2) is 18.2 Å². The largest absolute Gasteiger partial charge is 0.478 e. The van der Waals surface area contributed by atoms with Crippen LogP contribution in [-0.2, 0) is 4.79 Å². The van der Waals surface area contributed by atoms with Gasteiger partial charge in [0.2, 0.25) is 0 Å². The molecule has 4 N–H and O–H groups in total. The van der Waals surface area contributed by atoms with E-state index in [4.69, 9.17) is 10.2 Å². The Labute approximate surface area is 130 Å². The van der Waals surface area contributed by atoms with Crippen LogP contribution in [0.1, 0.15) is 45.7 Å². The average molecular weight is 328 g/mol. The molecule has 0 aliphatic heterocycles. The first-order valence-corrected chi connectivity index (χ1v) is 7.32. The van der Waals surface area contributed by atoms with Crippen molar-refractivity contribution in [2.45, 2.75) is 25.6 Å². The smallest absolute Gasteiger partial charge is 0.336 e. The summed E-state index contributed by atoms with van der Waals surface area (Å²) in [6.45, 7) is 1.37. The molecule has 0 aliphatic rings. The van der Waals surface area contributed by atoms with E-state index in [1.54, 1.807) is 0 Å². The SMILES string of the molecule is CC(=O)SCCC(O)C(O)c1cc(C(=O)O)ccc1C(=O)O. The highest BCUT2D eigenvalue weighted by atomic mass is 32.2. The second kappa shape index (κ2) is 7.92. The lowest BCUT2D eigenvalue weighted by Crippen LogP contribution is -2.22. The number of hydrogen-bond donors (Lipinski definition) is 4. The lowest BCUT2D eigenvalue weighted by Gasteiger charge is -2.20. The van der Waals surface area contributed by atoms with Gasteiger partial charge in [-0.25, -0.2) is 9.59 Å². The normalized spacial score (nSPS) is 13.4. The van der Waals surface area contributed by atoms with Gasteiger partial charge in [0.1, 0.15) is 6.10 Å². The highest BCUT2D eigenvalue weighted by molar-refractivity contribution is 8.13. The number of carbonyl (C=O) groups is 3. The van der Waals surface area contributed by atoms with E-state index in [0.29, 0.717) is 0 Å². The van der Waals surface area contributed by atoms with Gasteiger partial charge >= 0.3 is 11.9 Å². The van der Waals surface area contributed by atoms with E-state index in [1.165, 1.54) is 6.92 Å². The summed E-state index contributed by atoms with van der Waals surface area (Å²) in [5, 5.41) is 37.9. The van der Waals surface area contributed by atoms with Crippen LogP contribution in [0.2, 0.25) is 0 Å². The Morgan fingerprint density at radius 3 is 2.27 bits per heavy atom. The summed E-state index contributed by atoms with van der Waals surface area (Å²) in [6.07, 6.45) is -2.81. The molecule has 2 unspecified atom stereocenters. The lowest BCUT2D eigenvalue weighted by molar-refractivity contribution is -0.109. The summed E-state index contributed by atoms with van der Waals surface area (Å²) in [5.74, 6) is -2.35. The molecule has 0 radical (unpaired) electrons. The maximum absolute atomic E-state index is 11.1. The van der Waals surface area contributed by atoms with Crippen molar-refractivity contribution < 1.29 is 34.8 Å². The molecule has 1 rings (SSSR count). The number of carboxylic acid groups (broad SMARTS) is 2. The van der Waals surface area contributed by atoms with Gasteiger partial charge in [0.05, 0.1) is 17.2 Å². The maximum atomic E-state index is 11.1. The molecule has 120 valence electrons. The van der Waals surface area contributed by atoms with Crippen LogP contribution in [-0.4, -0.2) is 49.3 Å². The number of aliphatic hydroxyl groups is 2. The van der Waals surface area contributed by atoms with E-state index in [1.807, 2.05) is 0 Å². The van der Waals surface area contributed by atoms with Gasteiger partial charge in [0.25, 0.3) is 0 Å². The van der Waals surface area contributed by atoms with Crippen molar-refractivity contribution in [3.8, 4) is 0 Å². The minimum Gasteiger partial charge on any atom is -0.478 e. The first-order chi connectivity index (χ1) is 10.2. The van der Waals surface area contributed by atoms with Crippen LogP contribution in [0.5, 0.6) is 0 Å². The van der Waals surface area contributed by atoms with E-state index in [9.17, 15) is 24.6 Å². The third kappa shape index (κ3) is 4.83. The Bertz CT molecular complexity index is 585. The molecule has 0 fully saturated rings. The van der Waals surface area contributed by atoms with E-state index in [-0.39, 0.29) is 34.0 Å². The van der Waals surface area contributed by atoms with Crippen LogP contribution in [0, 0.1) is 0 Å². The Kier molecular flexibility index (Phi) is 6.54. The fourth-order valence-corrected chi connectivity index (χ4v) is 2.47. The average Bonchev–Trinajstić information content (AvgIpc) is 2.45. The van der Waals surface area contributed by atoms with Crippen molar-refractivity contribution in [1.29, 1.82) is 0 Å². The summed E-state index contributed by atoms with van der Waals surface area (Å²) in [5.41, 5.74) is -0.646. The van der Waals surface area contributed by atoms with Gasteiger partial charge in [-0.1, -0.05) is 11.8 Å². The number of carboxylic acids is 2. The quantitative estimate of drug-likeness (QED) is 0.586. The monoisotopic (exact) mass is 328 g/mol. The second-order valence-electron chi connectivity index (χ2n) is 4.55. The lowest BCUT2D eigenvalue weighted by atomic mass is 9.95. The fourth-order valence-electron chi connectivity index (χ4n) is 1.82. The summed E-state index contributed by atoms with van der Waals surface area (Å²) in [4.78, 5) is 32.9. The molecular formula is C14H16O7S. The second-order valence-corrected chi connectivity index (χ2v) is 5.83. The highest BCUT2D eigenvalue weighted by Crippen LogP contribution is 2.25. The molecule has 0 aromatic heterocycles. The highest BCUT2D eigenvalue weighted by Gasteiger charge is 2.25. The van der Waals surface area contributed by atoms with Crippen molar-refractivity contribution in [1.82, 2.24) is 0 Å². The van der Waals surface area contributed by atoms with Crippen molar-refractivity contribution in [3.05, 3.63) is 34.9 Å². The number of benzene rings is 1. The van der Waals surface area contributed by atoms with Crippen molar-refractivity contribution in [2.24, 2.45) is 0 Å². The number of aliphatic hydroxyl groups excluding tert-OH is 2. The molecule has 0 bridgehead atoms. The molecule has 0 aliphatic carbocycles. The first-order valence-electron chi connectivity index (χ1n) is 6.34. The summed E-state index contributed by atoms with van der Waals surface area (Å²) in [7, 11) is 0. The zero-order valence-electron chi connectivity index (χ0n) is 11.7. The van der Waals surface area contributed by atoms with Gasteiger partial charge in [-0.2, -0.15) is 0 Å². The number of carbonyl (C=O) groups excluding carboxylic acids is 1. The minimum absolute atomic E-state index is 0.0573. The Hall–Kier alpha value is -1.90. The predicted molar refractivity (Wildman–Crippen MR) is 79.1 cm³/mol. The number of rotatable bonds is 7. The number of thioether (sulfide) groups is 1. The molecule has 1 aromatic carbocycles. The Morgan fingerprint density at radius 1 is 1.14 bits per heavy atom. The maximum Gasteiger partial charge on any atom is 0.336 e. The Morgan fingerprint density at radius 2 is 1.77 bits per heavy atom. The molecular weight excluding hydrogens is 312 g/mol. The molecule has 0 saturated carbocycles. The molecule has 2 atom stereocenters. The zero-order chi connectivity index (χ0) is 16.9. The van der Waals surface area contributed by atoms with Crippen LogP contribution in [0.25, 0.3) is 0 Å².